The molecule has 0 saturated heterocycles. The van der Waals surface area contributed by atoms with Crippen molar-refractivity contribution in [2.24, 2.45) is 0 Å². The highest BCUT2D eigenvalue weighted by Crippen LogP contribution is 2.35. The number of fused-ring (bicyclic) bond motifs is 1. The molecule has 0 aliphatic carbocycles. The number of hydrogen-bond donors (Lipinski definition) is 3. The Morgan fingerprint density at radius 2 is 2.10 bits per heavy atom. The van der Waals surface area contributed by atoms with E-state index in [1.807, 2.05) is 0 Å². The van der Waals surface area contributed by atoms with E-state index in [2.05, 4.69) is 10.0 Å². The number of nitrogens with one attached hydrogen (secondary N) is 2. The predicted molar refractivity (Wildman–Crippen MR) is 76.6 cm³/mol. The summed E-state index contributed by atoms with van der Waals surface area (Å²) in [6.07, 6.45) is 0. The van der Waals surface area contributed by atoms with E-state index < -0.39 is 21.7 Å². The van der Waals surface area contributed by atoms with E-state index >= 15 is 0 Å². The molecule has 0 saturated carbocycles. The van der Waals surface area contributed by atoms with E-state index in [0.717, 1.165) is 0 Å². The summed E-state index contributed by atoms with van der Waals surface area (Å²) in [5, 5.41) is 11.5. The van der Waals surface area contributed by atoms with Gasteiger partial charge in [0.25, 0.3) is 5.91 Å². The Morgan fingerprint density at radius 1 is 1.43 bits per heavy atom. The zero-order valence-corrected chi connectivity index (χ0v) is 12.8. The molecule has 116 valence electrons. The molecule has 1 aromatic carbocycles. The van der Waals surface area contributed by atoms with Crippen LogP contribution in [-0.4, -0.2) is 37.7 Å². The highest BCUT2D eigenvalue weighted by molar-refractivity contribution is 7.89. The molecule has 0 aromatic heterocycles. The van der Waals surface area contributed by atoms with Crippen molar-refractivity contribution in [1.29, 1.82) is 0 Å². The van der Waals surface area contributed by atoms with Crippen LogP contribution in [-0.2, 0) is 14.8 Å². The number of carbonyl (C=O) groups is 1. The molecule has 7 nitrogen and oxygen atoms in total. The molecule has 1 aliphatic rings. The monoisotopic (exact) mass is 314 g/mol. The maximum Gasteiger partial charge on any atom is 0.268 e. The Bertz CT molecular complexity index is 669. The normalized spacial score (nSPS) is 18.4. The average Bonchev–Trinajstić information content (AvgIpc) is 2.38. The van der Waals surface area contributed by atoms with E-state index in [1.54, 1.807) is 20.8 Å². The van der Waals surface area contributed by atoms with Crippen molar-refractivity contribution in [2.45, 2.75) is 37.3 Å². The van der Waals surface area contributed by atoms with Crippen LogP contribution < -0.4 is 14.8 Å². The number of aliphatic hydroxyl groups excluding tert-OH is 1. The van der Waals surface area contributed by atoms with Gasteiger partial charge in [-0.25, -0.2) is 13.1 Å². The SMILES string of the molecule is C[C@@H](CO)NS(=O)(=O)c1ccc2c(c1)NC(=O)C(C)(C)O2. The number of amides is 1. The van der Waals surface area contributed by atoms with Crippen LogP contribution in [0, 0.1) is 0 Å². The van der Waals surface area contributed by atoms with Crippen molar-refractivity contribution < 1.29 is 23.1 Å². The van der Waals surface area contributed by atoms with Crippen molar-refractivity contribution in [3.63, 3.8) is 0 Å². The number of ether oxygens (including phenoxy) is 1. The number of sulfonamides is 1. The Morgan fingerprint density at radius 3 is 2.71 bits per heavy atom. The second-order valence-electron chi connectivity index (χ2n) is 5.43. The minimum absolute atomic E-state index is 0.00911. The van der Waals surface area contributed by atoms with Crippen LogP contribution in [0.15, 0.2) is 23.1 Å². The van der Waals surface area contributed by atoms with Crippen molar-refractivity contribution in [3.05, 3.63) is 18.2 Å². The van der Waals surface area contributed by atoms with Gasteiger partial charge in [0.2, 0.25) is 10.0 Å². The van der Waals surface area contributed by atoms with Gasteiger partial charge in [0.1, 0.15) is 5.75 Å². The number of benzene rings is 1. The molecule has 2 rings (SSSR count). The van der Waals surface area contributed by atoms with Crippen molar-refractivity contribution in [3.8, 4) is 5.75 Å². The first kappa shape index (κ1) is 15.7. The number of anilines is 1. The van der Waals surface area contributed by atoms with Crippen LogP contribution in [0.25, 0.3) is 0 Å². The Hall–Kier alpha value is -1.64. The zero-order chi connectivity index (χ0) is 15.8. The fourth-order valence-electron chi connectivity index (χ4n) is 1.83. The van der Waals surface area contributed by atoms with Crippen LogP contribution >= 0.6 is 0 Å². The van der Waals surface area contributed by atoms with E-state index in [4.69, 9.17) is 9.84 Å². The van der Waals surface area contributed by atoms with Crippen LogP contribution in [0.2, 0.25) is 0 Å². The molecule has 8 heteroatoms. The molecular weight excluding hydrogens is 296 g/mol. The number of carbonyl (C=O) groups excluding carboxylic acids is 1. The lowest BCUT2D eigenvalue weighted by molar-refractivity contribution is -0.129. The third kappa shape index (κ3) is 3.17. The first-order chi connectivity index (χ1) is 9.65. The molecule has 0 spiro atoms. The summed E-state index contributed by atoms with van der Waals surface area (Å²) < 4.78 is 32.1. The van der Waals surface area contributed by atoms with E-state index in [9.17, 15) is 13.2 Å². The summed E-state index contributed by atoms with van der Waals surface area (Å²) in [5.74, 6) is 0.0648. The number of rotatable bonds is 4. The highest BCUT2D eigenvalue weighted by atomic mass is 32.2. The van der Waals surface area contributed by atoms with Crippen molar-refractivity contribution >= 4 is 21.6 Å². The maximum atomic E-state index is 12.1. The third-order valence-corrected chi connectivity index (χ3v) is 4.64. The van der Waals surface area contributed by atoms with E-state index in [0.29, 0.717) is 11.4 Å². The first-order valence-corrected chi connectivity index (χ1v) is 7.92. The van der Waals surface area contributed by atoms with Gasteiger partial charge in [-0.15, -0.1) is 0 Å². The number of hydrogen-bond acceptors (Lipinski definition) is 5. The standard InChI is InChI=1S/C13H18N2O5S/c1-8(7-16)15-21(18,19)9-4-5-11-10(6-9)14-12(17)13(2,3)20-11/h4-6,8,15-16H,7H2,1-3H3,(H,14,17)/t8-/m0/s1. The quantitative estimate of drug-likeness (QED) is 0.748. The predicted octanol–water partition coefficient (Wildman–Crippen LogP) is 0.455. The van der Waals surface area contributed by atoms with Crippen LogP contribution in [0.3, 0.4) is 0 Å². The lowest BCUT2D eigenvalue weighted by Crippen LogP contribution is -2.45. The van der Waals surface area contributed by atoms with Gasteiger partial charge in [-0.2, -0.15) is 0 Å². The fourth-order valence-corrected chi connectivity index (χ4v) is 3.09. The van der Waals surface area contributed by atoms with Gasteiger partial charge >= 0.3 is 0 Å². The largest absolute Gasteiger partial charge is 0.476 e. The van der Waals surface area contributed by atoms with Gasteiger partial charge in [0.05, 0.1) is 17.2 Å². The topological polar surface area (TPSA) is 105 Å². The summed E-state index contributed by atoms with van der Waals surface area (Å²) in [7, 11) is -3.77. The molecule has 1 aliphatic heterocycles. The molecule has 1 aromatic rings. The Labute approximate surface area is 123 Å². The molecule has 1 atom stereocenters. The van der Waals surface area contributed by atoms with Gasteiger partial charge in [0, 0.05) is 6.04 Å². The molecule has 0 radical (unpaired) electrons. The van der Waals surface area contributed by atoms with Crippen LogP contribution in [0.5, 0.6) is 5.75 Å². The molecule has 1 amide bonds. The molecule has 3 N–H and O–H groups in total. The fraction of sp³-hybridized carbons (Fsp3) is 0.462. The van der Waals surface area contributed by atoms with Crippen molar-refractivity contribution in [2.75, 3.05) is 11.9 Å². The molecule has 1 heterocycles. The van der Waals surface area contributed by atoms with Gasteiger partial charge in [-0.05, 0) is 39.0 Å². The summed E-state index contributed by atoms with van der Waals surface area (Å²) in [4.78, 5) is 11.8. The average molecular weight is 314 g/mol. The van der Waals surface area contributed by atoms with Crippen molar-refractivity contribution in [1.82, 2.24) is 4.72 Å². The molecular formula is C13H18N2O5S. The smallest absolute Gasteiger partial charge is 0.268 e. The number of aliphatic hydroxyl groups is 1. The molecule has 0 bridgehead atoms. The minimum Gasteiger partial charge on any atom is -0.476 e. The van der Waals surface area contributed by atoms with Crippen LogP contribution in [0.4, 0.5) is 5.69 Å². The lowest BCUT2D eigenvalue weighted by atomic mass is 10.1. The van der Waals surface area contributed by atoms with E-state index in [1.165, 1.54) is 18.2 Å². The first-order valence-electron chi connectivity index (χ1n) is 6.43. The third-order valence-electron chi connectivity index (χ3n) is 3.05. The Kier molecular flexibility index (Phi) is 3.96. The van der Waals surface area contributed by atoms with Crippen LogP contribution in [0.1, 0.15) is 20.8 Å². The second-order valence-corrected chi connectivity index (χ2v) is 7.14. The zero-order valence-electron chi connectivity index (χ0n) is 12.0. The van der Waals surface area contributed by atoms with E-state index in [-0.39, 0.29) is 17.4 Å². The summed E-state index contributed by atoms with van der Waals surface area (Å²) in [5.41, 5.74) is -0.698. The second kappa shape index (κ2) is 5.28. The summed E-state index contributed by atoms with van der Waals surface area (Å²) >= 11 is 0. The van der Waals surface area contributed by atoms with Gasteiger partial charge in [-0.3, -0.25) is 4.79 Å². The van der Waals surface area contributed by atoms with Gasteiger partial charge < -0.3 is 15.2 Å². The summed E-state index contributed by atoms with van der Waals surface area (Å²) in [6, 6.07) is 3.61. The molecule has 21 heavy (non-hydrogen) atoms. The Balaban J connectivity index is 2.35. The lowest BCUT2D eigenvalue weighted by Gasteiger charge is -2.31. The maximum absolute atomic E-state index is 12.1. The minimum atomic E-state index is -3.77. The molecule has 0 fully saturated rings. The molecule has 0 unspecified atom stereocenters. The summed E-state index contributed by atoms with van der Waals surface area (Å²) in [6.45, 7) is 4.49. The highest BCUT2D eigenvalue weighted by Gasteiger charge is 2.35. The van der Waals surface area contributed by atoms with Gasteiger partial charge in [0.15, 0.2) is 5.60 Å². The van der Waals surface area contributed by atoms with Gasteiger partial charge in [-0.1, -0.05) is 0 Å².